The molecule has 1 saturated carbocycles. The number of rotatable bonds is 14. The van der Waals surface area contributed by atoms with Gasteiger partial charge in [-0.05, 0) is 38.2 Å². The van der Waals surface area contributed by atoms with Crippen molar-refractivity contribution in [1.29, 1.82) is 0 Å². The van der Waals surface area contributed by atoms with Crippen molar-refractivity contribution in [2.24, 2.45) is 5.92 Å². The SMILES string of the molecule is CCCCC[C@H](O)/C=C/[C@H]1[C@H](O)CC(=O)[C@@H]1SCCCSCC(=O)OC(C)C. The number of thioether (sulfide) groups is 2. The molecule has 0 aromatic heterocycles. The number of aliphatic hydroxyl groups is 2. The second kappa shape index (κ2) is 14.5. The van der Waals surface area contributed by atoms with Crippen LogP contribution < -0.4 is 0 Å². The summed E-state index contributed by atoms with van der Waals surface area (Å²) in [6, 6.07) is 0. The first-order valence-electron chi connectivity index (χ1n) is 10.3. The van der Waals surface area contributed by atoms with Gasteiger partial charge in [-0.25, -0.2) is 0 Å². The van der Waals surface area contributed by atoms with Crippen molar-refractivity contribution >= 4 is 35.3 Å². The Hall–Kier alpha value is -0.500. The molecule has 0 aliphatic heterocycles. The van der Waals surface area contributed by atoms with E-state index >= 15 is 0 Å². The van der Waals surface area contributed by atoms with Gasteiger partial charge in [-0.2, -0.15) is 11.8 Å². The largest absolute Gasteiger partial charge is 0.462 e. The van der Waals surface area contributed by atoms with Crippen LogP contribution in [-0.4, -0.2) is 62.8 Å². The van der Waals surface area contributed by atoms with Crippen molar-refractivity contribution in [3.05, 3.63) is 12.2 Å². The first-order chi connectivity index (χ1) is 13.3. The van der Waals surface area contributed by atoms with Gasteiger partial charge < -0.3 is 14.9 Å². The number of hydrogen-bond donors (Lipinski definition) is 2. The molecule has 1 aliphatic carbocycles. The van der Waals surface area contributed by atoms with Gasteiger partial charge >= 0.3 is 5.97 Å². The normalized spacial score (nSPS) is 23.6. The first-order valence-corrected chi connectivity index (χ1v) is 12.5. The van der Waals surface area contributed by atoms with Crippen LogP contribution >= 0.6 is 23.5 Å². The summed E-state index contributed by atoms with van der Waals surface area (Å²) >= 11 is 3.12. The molecule has 7 heteroatoms. The Morgan fingerprint density at radius 2 is 2.04 bits per heavy atom. The average molecular weight is 433 g/mol. The molecule has 1 fully saturated rings. The molecule has 28 heavy (non-hydrogen) atoms. The van der Waals surface area contributed by atoms with Crippen molar-refractivity contribution < 1.29 is 24.5 Å². The van der Waals surface area contributed by atoms with Crippen LogP contribution in [0.25, 0.3) is 0 Å². The third kappa shape index (κ3) is 10.3. The van der Waals surface area contributed by atoms with Gasteiger partial charge in [0.15, 0.2) is 0 Å². The van der Waals surface area contributed by atoms with Gasteiger partial charge in [-0.15, -0.1) is 11.8 Å². The molecule has 0 spiro atoms. The second-order valence-corrected chi connectivity index (χ2v) is 9.85. The lowest BCUT2D eigenvalue weighted by molar-refractivity contribution is -0.144. The predicted octanol–water partition coefficient (Wildman–Crippen LogP) is 3.61. The Kier molecular flexibility index (Phi) is 13.2. The minimum Gasteiger partial charge on any atom is -0.462 e. The van der Waals surface area contributed by atoms with Gasteiger partial charge in [0, 0.05) is 12.3 Å². The van der Waals surface area contributed by atoms with E-state index in [-0.39, 0.29) is 35.4 Å². The summed E-state index contributed by atoms with van der Waals surface area (Å²) in [5.74, 6) is 1.65. The number of carbonyl (C=O) groups excluding carboxylic acids is 2. The van der Waals surface area contributed by atoms with Crippen LogP contribution in [-0.2, 0) is 14.3 Å². The summed E-state index contributed by atoms with van der Waals surface area (Å²) in [4.78, 5) is 23.7. The highest BCUT2D eigenvalue weighted by Crippen LogP contribution is 2.34. The number of carbonyl (C=O) groups is 2. The number of ether oxygens (including phenoxy) is 1. The van der Waals surface area contributed by atoms with E-state index in [1.165, 1.54) is 0 Å². The molecule has 0 amide bonds. The Morgan fingerprint density at radius 3 is 2.71 bits per heavy atom. The van der Waals surface area contributed by atoms with E-state index in [9.17, 15) is 19.8 Å². The second-order valence-electron chi connectivity index (χ2n) is 7.50. The molecule has 1 rings (SSSR count). The maximum atomic E-state index is 12.2. The molecule has 162 valence electrons. The molecule has 5 nitrogen and oxygen atoms in total. The van der Waals surface area contributed by atoms with E-state index in [0.717, 1.165) is 43.6 Å². The minimum atomic E-state index is -0.663. The average Bonchev–Trinajstić information content (AvgIpc) is 2.88. The topological polar surface area (TPSA) is 83.8 Å². The first kappa shape index (κ1) is 25.5. The highest BCUT2D eigenvalue weighted by atomic mass is 32.2. The van der Waals surface area contributed by atoms with Crippen LogP contribution in [0.2, 0.25) is 0 Å². The zero-order valence-corrected chi connectivity index (χ0v) is 19.0. The maximum absolute atomic E-state index is 12.2. The lowest BCUT2D eigenvalue weighted by Crippen LogP contribution is -2.22. The van der Waals surface area contributed by atoms with E-state index in [0.29, 0.717) is 5.75 Å². The van der Waals surface area contributed by atoms with Crippen molar-refractivity contribution in [3.63, 3.8) is 0 Å². The number of Topliss-reactive ketones (excluding diaryl/α,β-unsaturated/α-hetero) is 1. The quantitative estimate of drug-likeness (QED) is 0.246. The molecule has 0 unspecified atom stereocenters. The highest BCUT2D eigenvalue weighted by Gasteiger charge is 2.40. The number of aliphatic hydroxyl groups excluding tert-OH is 2. The zero-order valence-electron chi connectivity index (χ0n) is 17.3. The van der Waals surface area contributed by atoms with Crippen LogP contribution in [0, 0.1) is 5.92 Å². The summed E-state index contributed by atoms with van der Waals surface area (Å²) in [6.45, 7) is 5.79. The Labute approximate surface area is 178 Å². The maximum Gasteiger partial charge on any atom is 0.316 e. The standard InChI is InChI=1S/C21H36O5S2/c1-4-5-6-8-16(22)9-10-17-18(23)13-19(24)21(17)28-12-7-11-27-14-20(25)26-15(2)3/h9-10,15-18,21-23H,4-8,11-14H2,1-3H3/b10-9+/t16-,17-,18+,21+/m0/s1. The van der Waals surface area contributed by atoms with Crippen LogP contribution in [0.15, 0.2) is 12.2 Å². The van der Waals surface area contributed by atoms with Crippen LogP contribution in [0.3, 0.4) is 0 Å². The molecule has 0 aromatic rings. The number of unbranched alkanes of at least 4 members (excludes halogenated alkanes) is 2. The van der Waals surface area contributed by atoms with Gasteiger partial charge in [0.2, 0.25) is 0 Å². The molecule has 0 heterocycles. The van der Waals surface area contributed by atoms with Crippen LogP contribution in [0.1, 0.15) is 59.3 Å². The number of ketones is 1. The van der Waals surface area contributed by atoms with Crippen molar-refractivity contribution in [1.82, 2.24) is 0 Å². The van der Waals surface area contributed by atoms with E-state index < -0.39 is 12.2 Å². The lowest BCUT2D eigenvalue weighted by atomic mass is 10.0. The fourth-order valence-corrected chi connectivity index (χ4v) is 5.34. The molecule has 4 atom stereocenters. The molecule has 0 aromatic carbocycles. The van der Waals surface area contributed by atoms with E-state index in [4.69, 9.17) is 4.74 Å². The Balaban J connectivity index is 2.33. The van der Waals surface area contributed by atoms with Gasteiger partial charge in [0.25, 0.3) is 0 Å². The summed E-state index contributed by atoms with van der Waals surface area (Å²) < 4.78 is 5.09. The van der Waals surface area contributed by atoms with Crippen LogP contribution in [0.4, 0.5) is 0 Å². The third-order valence-corrected chi connectivity index (χ3v) is 6.98. The summed E-state index contributed by atoms with van der Waals surface area (Å²) in [5, 5.41) is 20.0. The number of hydrogen-bond acceptors (Lipinski definition) is 7. The monoisotopic (exact) mass is 432 g/mol. The smallest absolute Gasteiger partial charge is 0.316 e. The summed E-state index contributed by atoms with van der Waals surface area (Å²) in [5.41, 5.74) is 0. The molecule has 0 radical (unpaired) electrons. The van der Waals surface area contributed by atoms with Gasteiger partial charge in [-0.3, -0.25) is 9.59 Å². The van der Waals surface area contributed by atoms with Gasteiger partial charge in [0.1, 0.15) is 5.78 Å². The predicted molar refractivity (Wildman–Crippen MR) is 118 cm³/mol. The highest BCUT2D eigenvalue weighted by molar-refractivity contribution is 8.01. The van der Waals surface area contributed by atoms with Crippen LogP contribution in [0.5, 0.6) is 0 Å². The molecular formula is C21H36O5S2. The molecule has 2 N–H and O–H groups in total. The molecular weight excluding hydrogens is 396 g/mol. The van der Waals surface area contributed by atoms with E-state index in [1.54, 1.807) is 29.6 Å². The van der Waals surface area contributed by atoms with Crippen molar-refractivity contribution in [2.75, 3.05) is 17.3 Å². The summed E-state index contributed by atoms with van der Waals surface area (Å²) in [7, 11) is 0. The molecule has 1 aliphatic rings. The fourth-order valence-electron chi connectivity index (χ4n) is 3.09. The zero-order chi connectivity index (χ0) is 20.9. The molecule has 0 saturated heterocycles. The third-order valence-electron chi connectivity index (χ3n) is 4.50. The Morgan fingerprint density at radius 1 is 1.29 bits per heavy atom. The number of esters is 1. The minimum absolute atomic E-state index is 0.0841. The van der Waals surface area contributed by atoms with E-state index in [1.807, 2.05) is 19.9 Å². The van der Waals surface area contributed by atoms with Crippen molar-refractivity contribution in [3.8, 4) is 0 Å². The Bertz CT molecular complexity index is 495. The van der Waals surface area contributed by atoms with Gasteiger partial charge in [0.05, 0.1) is 29.3 Å². The summed E-state index contributed by atoms with van der Waals surface area (Å²) in [6.07, 6.45) is 7.30. The lowest BCUT2D eigenvalue weighted by Gasteiger charge is -2.17. The fraction of sp³-hybridized carbons (Fsp3) is 0.810. The van der Waals surface area contributed by atoms with Crippen molar-refractivity contribution in [2.45, 2.75) is 82.9 Å². The van der Waals surface area contributed by atoms with Gasteiger partial charge in [-0.1, -0.05) is 38.3 Å². The van der Waals surface area contributed by atoms with E-state index in [2.05, 4.69) is 6.92 Å². The molecule has 0 bridgehead atoms.